The van der Waals surface area contributed by atoms with E-state index in [-0.39, 0.29) is 35.6 Å². The number of aliphatic carboxylic acids is 1. The van der Waals surface area contributed by atoms with Gasteiger partial charge in [0.05, 0.1) is 22.9 Å². The molecule has 1 amide bonds. The number of carboxylic acid groups (broad SMARTS) is 1. The number of nitrogens with one attached hydrogen (secondary N) is 1. The molecule has 10 rings (SSSR count). The smallest absolute Gasteiger partial charge is 0.446 e. The molecule has 0 radical (unpaired) electrons. The molecule has 8 aromatic rings. The van der Waals surface area contributed by atoms with Crippen molar-refractivity contribution >= 4 is 51.9 Å². The number of hydrogen-bond donors (Lipinski definition) is 4. The van der Waals surface area contributed by atoms with Crippen LogP contribution >= 0.6 is 0 Å². The van der Waals surface area contributed by atoms with Crippen molar-refractivity contribution in [2.45, 2.75) is 31.1 Å². The van der Waals surface area contributed by atoms with E-state index in [1.807, 2.05) is 129 Å². The molecule has 0 bridgehead atoms. The van der Waals surface area contributed by atoms with E-state index in [1.165, 1.54) is 12.7 Å². The van der Waals surface area contributed by atoms with Gasteiger partial charge in [-0.05, 0) is 107 Å². The van der Waals surface area contributed by atoms with Crippen molar-refractivity contribution in [2.75, 3.05) is 78.9 Å². The number of carbonyl (C=O) groups is 3. The third-order valence-corrected chi connectivity index (χ3v) is 12.6. The van der Waals surface area contributed by atoms with Gasteiger partial charge in [-0.2, -0.15) is 22.0 Å². The first-order chi connectivity index (χ1) is 38.8. The third-order valence-electron chi connectivity index (χ3n) is 12.6. The van der Waals surface area contributed by atoms with Gasteiger partial charge in [-0.15, -0.1) is 0 Å². The van der Waals surface area contributed by atoms with Crippen molar-refractivity contribution in [3.63, 3.8) is 0 Å². The Balaban J connectivity index is 0.000000190. The number of nitrogen functional groups attached to an aromatic ring is 2. The molecule has 4 aromatic carbocycles. The number of amides is 1. The van der Waals surface area contributed by atoms with Crippen molar-refractivity contribution < 1.29 is 50.9 Å². The number of anilines is 2. The number of carbonyl (C=O) groups excluding carboxylic acids is 2. The summed E-state index contributed by atoms with van der Waals surface area (Å²) in [6.07, 6.45) is 4.63. The van der Waals surface area contributed by atoms with Crippen LogP contribution in [0.3, 0.4) is 0 Å². The van der Waals surface area contributed by atoms with Crippen LogP contribution in [-0.2, 0) is 14.4 Å². The summed E-state index contributed by atoms with van der Waals surface area (Å²) in [5.41, 5.74) is 15.4. The molecule has 0 spiro atoms. The number of rotatable bonds is 14. The zero-order valence-electron chi connectivity index (χ0n) is 44.8. The number of alkyl halides is 3. The predicted octanol–water partition coefficient (Wildman–Crippen LogP) is 9.59. The number of aldehydes is 1. The molecule has 2 atom stereocenters. The van der Waals surface area contributed by atoms with E-state index in [0.29, 0.717) is 101 Å². The highest BCUT2D eigenvalue weighted by atomic mass is 19.4. The van der Waals surface area contributed by atoms with Gasteiger partial charge < -0.3 is 46.1 Å². The maximum atomic E-state index is 16.2. The molecule has 6 heterocycles. The number of fused-ring (bicyclic) bond motifs is 2. The molecule has 2 aliphatic heterocycles. The lowest BCUT2D eigenvalue weighted by molar-refractivity contribution is -0.156. The summed E-state index contributed by atoms with van der Waals surface area (Å²) >= 11 is 0. The molecule has 6 N–H and O–H groups in total. The molecule has 2 fully saturated rings. The quantitative estimate of drug-likeness (QED) is 0.0452. The van der Waals surface area contributed by atoms with E-state index in [1.54, 1.807) is 50.5 Å². The molecule has 18 nitrogen and oxygen atoms in total. The zero-order valence-corrected chi connectivity index (χ0v) is 44.8. The molecule has 0 aliphatic carbocycles. The monoisotopic (exact) mass is 1120 g/mol. The van der Waals surface area contributed by atoms with Crippen LogP contribution in [0.1, 0.15) is 24.9 Å². The van der Waals surface area contributed by atoms with E-state index < -0.39 is 24.4 Å². The Morgan fingerprint density at radius 2 is 1.10 bits per heavy atom. The fourth-order valence-corrected chi connectivity index (χ4v) is 8.93. The van der Waals surface area contributed by atoms with E-state index in [9.17, 15) is 22.8 Å². The highest BCUT2D eigenvalue weighted by Crippen LogP contribution is 2.41. The van der Waals surface area contributed by atoms with Crippen molar-refractivity contribution in [3.8, 4) is 45.3 Å². The van der Waals surface area contributed by atoms with Crippen LogP contribution in [0.2, 0.25) is 0 Å². The van der Waals surface area contributed by atoms with Gasteiger partial charge in [0.25, 0.3) is 0 Å². The van der Waals surface area contributed by atoms with Crippen LogP contribution in [0.25, 0.3) is 44.3 Å². The molecular formula is C58H61F5N12O6. The predicted molar refractivity (Wildman–Crippen MR) is 300 cm³/mol. The molecule has 4 aromatic heterocycles. The number of likely N-dealkylation sites (N-methyl/N-ethyl adjacent to an activating group) is 2. The van der Waals surface area contributed by atoms with Crippen molar-refractivity contribution in [1.29, 1.82) is 0 Å². The minimum absolute atomic E-state index is 0.00115. The maximum Gasteiger partial charge on any atom is 0.446 e. The summed E-state index contributed by atoms with van der Waals surface area (Å²) in [7, 11) is 7.64. The van der Waals surface area contributed by atoms with Gasteiger partial charge in [0.15, 0.2) is 0 Å². The second kappa shape index (κ2) is 27.7. The maximum absolute atomic E-state index is 16.2. The highest BCUT2D eigenvalue weighted by Gasteiger charge is 2.33. The summed E-state index contributed by atoms with van der Waals surface area (Å²) in [5, 5.41) is 12.4. The largest absolute Gasteiger partial charge is 0.478 e. The molecular weight excluding hydrogens is 1060 g/mol. The van der Waals surface area contributed by atoms with Crippen molar-refractivity contribution in [3.05, 3.63) is 158 Å². The fraction of sp³-hybridized carbons (Fsp3) is 0.259. The SMILES string of the molecule is CN(C)C/C=C/C(=O)N1CC[C@@H](n2c(F)c(-c3ccc(Oc4ccccc4)cc3)c3c(N)ncnc32)C1.CN(C)C/C=C/C(=O)O.Nc1ncnc2c1c(-c1ccc(Oc3ccccc3)cc1)c(F)n2[C@@H]1CCNC1.O=CC(F)(F)F. The molecule has 424 valence electrons. The standard InChI is InChI=1S/C28H29FN6O2.C22H20FN5O.C6H11NO2.C2HF3O/c1-33(2)15-6-9-23(36)34-16-14-20(17-34)35-26(29)24(25-27(30)31-18-32-28(25)35)19-10-12-22(13-11-19)37-21-7-4-3-5-8-21;23-20-18(14-6-8-17(9-7-14)29-16-4-2-1-3-5-16)19-21(24)26-13-27-22(19)28(20)15-10-11-25-12-15;1-7(2)5-3-4-6(8)9;3-2(4,5)1-6/h3-13,18,20H,14-17H2,1-2H3,(H2,30,31,32);1-9,13,15,25H,10-12H2,(H2,24,26,27);3-4H,5H2,1-2H3,(H,8,9);1H/b9-6+;;4-3+;/t20-;15-;;/m11../s1. The lowest BCUT2D eigenvalue weighted by atomic mass is 10.1. The van der Waals surface area contributed by atoms with Crippen molar-refractivity contribution in [1.82, 2.24) is 49.1 Å². The number of benzene rings is 4. The number of halogens is 5. The third kappa shape index (κ3) is 15.8. The number of likely N-dealkylation sites (tertiary alicyclic amines) is 1. The van der Waals surface area contributed by atoms with Crippen LogP contribution in [0.5, 0.6) is 23.0 Å². The second-order valence-electron chi connectivity index (χ2n) is 19.1. The summed E-state index contributed by atoms with van der Waals surface area (Å²) in [4.78, 5) is 53.8. The lowest BCUT2D eigenvalue weighted by Crippen LogP contribution is -2.28. The first kappa shape index (κ1) is 59.6. The van der Waals surface area contributed by atoms with E-state index in [0.717, 1.165) is 24.8 Å². The Kier molecular flexibility index (Phi) is 20.4. The highest BCUT2D eigenvalue weighted by molar-refractivity contribution is 6.02. The minimum atomic E-state index is -4.64. The Morgan fingerprint density at radius 3 is 1.51 bits per heavy atom. The number of nitrogens with two attached hydrogens (primary N) is 2. The van der Waals surface area contributed by atoms with Gasteiger partial charge in [-0.1, -0.05) is 72.8 Å². The van der Waals surface area contributed by atoms with Gasteiger partial charge >= 0.3 is 12.1 Å². The summed E-state index contributed by atoms with van der Waals surface area (Å²) < 4.78 is 78.0. The molecule has 23 heteroatoms. The van der Waals surface area contributed by atoms with E-state index in [4.69, 9.17) is 30.8 Å². The number of nitrogens with zero attached hydrogens (tertiary/aromatic N) is 9. The topological polar surface area (TPSA) is 225 Å². The molecule has 0 unspecified atom stereocenters. The molecule has 81 heavy (non-hydrogen) atoms. The Bertz CT molecular complexity index is 3440. The van der Waals surface area contributed by atoms with Crippen LogP contribution < -0.4 is 26.3 Å². The first-order valence-corrected chi connectivity index (χ1v) is 25.5. The van der Waals surface area contributed by atoms with E-state index >= 15 is 8.78 Å². The van der Waals surface area contributed by atoms with Crippen LogP contribution in [-0.4, -0.2) is 141 Å². The number of ether oxygens (including phenoxy) is 2. The van der Waals surface area contributed by atoms with Crippen LogP contribution in [0.4, 0.5) is 33.6 Å². The van der Waals surface area contributed by atoms with Gasteiger partial charge in [-0.25, -0.2) is 24.7 Å². The Labute approximate surface area is 463 Å². The van der Waals surface area contributed by atoms with Gasteiger partial charge in [0.2, 0.25) is 24.1 Å². The summed E-state index contributed by atoms with van der Waals surface area (Å²) in [6, 6.07) is 33.2. The Hall–Kier alpha value is -9.06. The Morgan fingerprint density at radius 1 is 0.667 bits per heavy atom. The average molecular weight is 1120 g/mol. The molecule has 2 aliphatic rings. The normalized spacial score (nSPS) is 15.1. The number of hydrogen-bond acceptors (Lipinski definition) is 14. The van der Waals surface area contributed by atoms with Gasteiger partial charge in [0, 0.05) is 56.0 Å². The number of aromatic nitrogens is 6. The van der Waals surface area contributed by atoms with Crippen LogP contribution in [0, 0.1) is 11.9 Å². The average Bonchev–Trinajstić information content (AvgIpc) is 4.47. The van der Waals surface area contributed by atoms with Gasteiger partial charge in [0.1, 0.15) is 58.6 Å². The minimum Gasteiger partial charge on any atom is -0.478 e. The zero-order chi connectivity index (χ0) is 58.2. The molecule has 2 saturated heterocycles. The fourth-order valence-electron chi connectivity index (χ4n) is 8.93. The first-order valence-electron chi connectivity index (χ1n) is 25.5. The second-order valence-corrected chi connectivity index (χ2v) is 19.1. The van der Waals surface area contributed by atoms with Crippen LogP contribution in [0.15, 0.2) is 146 Å². The number of para-hydroxylation sites is 2. The van der Waals surface area contributed by atoms with Crippen molar-refractivity contribution in [2.24, 2.45) is 0 Å². The summed E-state index contributed by atoms with van der Waals surface area (Å²) in [5.74, 6) is 1.50. The molecule has 0 saturated carbocycles. The van der Waals surface area contributed by atoms with E-state index in [2.05, 4.69) is 25.3 Å². The number of carboxylic acids is 1. The summed E-state index contributed by atoms with van der Waals surface area (Å²) in [6.45, 7) is 3.83. The van der Waals surface area contributed by atoms with Gasteiger partial charge in [-0.3, -0.25) is 18.7 Å². The lowest BCUT2D eigenvalue weighted by Gasteiger charge is -2.16.